The Hall–Kier alpha value is -3.40. The summed E-state index contributed by atoms with van der Waals surface area (Å²) in [7, 11) is 0. The van der Waals surface area contributed by atoms with Crippen LogP contribution >= 0.6 is 0 Å². The van der Waals surface area contributed by atoms with E-state index in [0.717, 1.165) is 31.2 Å². The average Bonchev–Trinajstić information content (AvgIpc) is 3.42. The number of carbonyl (C=O) groups excluding carboxylic acids is 2. The Morgan fingerprint density at radius 3 is 2.44 bits per heavy atom. The quantitative estimate of drug-likeness (QED) is 0.604. The summed E-state index contributed by atoms with van der Waals surface area (Å²) >= 11 is 0. The van der Waals surface area contributed by atoms with Crippen molar-refractivity contribution in [3.8, 4) is 0 Å². The van der Waals surface area contributed by atoms with Gasteiger partial charge in [-0.3, -0.25) is 9.78 Å². The highest BCUT2D eigenvalue weighted by molar-refractivity contribution is 5.76. The smallest absolute Gasteiger partial charge is 0.410 e. The minimum absolute atomic E-state index is 0.0760. The van der Waals surface area contributed by atoms with E-state index in [1.165, 1.54) is 0 Å². The highest BCUT2D eigenvalue weighted by Crippen LogP contribution is 2.52. The summed E-state index contributed by atoms with van der Waals surface area (Å²) in [4.78, 5) is 49.5. The lowest BCUT2D eigenvalue weighted by Crippen LogP contribution is -2.64. The van der Waals surface area contributed by atoms with Gasteiger partial charge in [-0.15, -0.1) is 0 Å². The fourth-order valence-electron chi connectivity index (χ4n) is 6.87. The van der Waals surface area contributed by atoms with E-state index in [1.807, 2.05) is 60.9 Å². The van der Waals surface area contributed by atoms with Crippen molar-refractivity contribution < 1.29 is 19.4 Å². The van der Waals surface area contributed by atoms with Crippen LogP contribution in [0.5, 0.6) is 0 Å². The number of hydrogen-bond donors (Lipinski definition) is 1. The number of urea groups is 1. The third kappa shape index (κ3) is 5.84. The Bertz CT molecular complexity index is 1320. The van der Waals surface area contributed by atoms with Crippen LogP contribution < -0.4 is 5.56 Å². The molecular weight excluding hydrogens is 522 g/mol. The van der Waals surface area contributed by atoms with E-state index >= 15 is 0 Å². The number of amides is 3. The maximum atomic E-state index is 14.2. The molecule has 0 bridgehead atoms. The van der Waals surface area contributed by atoms with Crippen molar-refractivity contribution in [2.75, 3.05) is 32.7 Å². The van der Waals surface area contributed by atoms with Gasteiger partial charge in [-0.25, -0.2) is 9.59 Å². The second kappa shape index (κ2) is 11.1. The van der Waals surface area contributed by atoms with Gasteiger partial charge in [0.15, 0.2) is 0 Å². The Morgan fingerprint density at radius 2 is 1.76 bits per heavy atom. The predicted octanol–water partition coefficient (Wildman–Crippen LogP) is 3.96. The van der Waals surface area contributed by atoms with E-state index in [2.05, 4.69) is 4.98 Å². The molecule has 5 rings (SSSR count). The number of hydrogen-bond acceptors (Lipinski definition) is 6. The molecule has 2 aliphatic heterocycles. The van der Waals surface area contributed by atoms with Gasteiger partial charge in [0.25, 0.3) is 5.56 Å². The van der Waals surface area contributed by atoms with Gasteiger partial charge < -0.3 is 29.1 Å². The summed E-state index contributed by atoms with van der Waals surface area (Å²) in [6.07, 6.45) is 6.83. The molecule has 222 valence electrons. The van der Waals surface area contributed by atoms with Crippen LogP contribution in [0.3, 0.4) is 0 Å². The number of aliphatic hydroxyl groups is 1. The zero-order valence-corrected chi connectivity index (χ0v) is 24.7. The van der Waals surface area contributed by atoms with E-state index in [0.29, 0.717) is 44.8 Å². The van der Waals surface area contributed by atoms with Gasteiger partial charge >= 0.3 is 12.1 Å². The second-order valence-corrected chi connectivity index (χ2v) is 13.0. The lowest BCUT2D eigenvalue weighted by molar-refractivity contribution is -0.137. The molecule has 1 aromatic heterocycles. The lowest BCUT2D eigenvalue weighted by atomic mass is 9.66. The molecule has 41 heavy (non-hydrogen) atoms. The van der Waals surface area contributed by atoms with Crippen molar-refractivity contribution in [1.29, 1.82) is 0 Å². The number of likely N-dealkylation sites (tertiary alicyclic amines) is 1. The molecule has 1 unspecified atom stereocenters. The first kappa shape index (κ1) is 29.1. The van der Waals surface area contributed by atoms with Crippen molar-refractivity contribution in [2.45, 2.75) is 83.6 Å². The average molecular weight is 566 g/mol. The fraction of sp³-hybridized carbons (Fsp3) is 0.613. The highest BCUT2D eigenvalue weighted by atomic mass is 16.6. The second-order valence-electron chi connectivity index (χ2n) is 13.0. The van der Waals surface area contributed by atoms with Crippen LogP contribution in [0.2, 0.25) is 0 Å². The number of aromatic nitrogens is 2. The molecule has 1 saturated carbocycles. The molecule has 1 spiro atoms. The van der Waals surface area contributed by atoms with Crippen molar-refractivity contribution in [3.63, 3.8) is 0 Å². The van der Waals surface area contributed by atoms with Crippen LogP contribution in [0.15, 0.2) is 47.5 Å². The molecule has 3 amide bonds. The maximum Gasteiger partial charge on any atom is 0.410 e. The van der Waals surface area contributed by atoms with Crippen LogP contribution in [0, 0.1) is 12.3 Å². The molecule has 3 aliphatic rings. The Kier molecular flexibility index (Phi) is 7.89. The van der Waals surface area contributed by atoms with E-state index in [4.69, 9.17) is 4.74 Å². The highest BCUT2D eigenvalue weighted by Gasteiger charge is 2.56. The fourth-order valence-corrected chi connectivity index (χ4v) is 6.87. The molecule has 3 fully saturated rings. The van der Waals surface area contributed by atoms with Gasteiger partial charge in [0.05, 0.1) is 18.2 Å². The van der Waals surface area contributed by atoms with E-state index in [9.17, 15) is 19.5 Å². The zero-order valence-electron chi connectivity index (χ0n) is 24.7. The largest absolute Gasteiger partial charge is 0.444 e. The number of nitrogens with zero attached hydrogens (tertiary/aromatic N) is 5. The molecule has 2 atom stereocenters. The molecule has 1 aliphatic carbocycles. The number of aryl methyl sites for hydroxylation is 1. The molecule has 10 heteroatoms. The van der Waals surface area contributed by atoms with Crippen LogP contribution in [-0.2, 0) is 11.3 Å². The van der Waals surface area contributed by atoms with E-state index in [-0.39, 0.29) is 30.3 Å². The number of carbonyl (C=O) groups is 2. The van der Waals surface area contributed by atoms with Crippen molar-refractivity contribution >= 4 is 12.1 Å². The van der Waals surface area contributed by atoms with Crippen molar-refractivity contribution in [2.24, 2.45) is 5.41 Å². The Morgan fingerprint density at radius 1 is 1.05 bits per heavy atom. The molecule has 0 radical (unpaired) electrons. The van der Waals surface area contributed by atoms with E-state index < -0.39 is 16.6 Å². The summed E-state index contributed by atoms with van der Waals surface area (Å²) < 4.78 is 7.21. The van der Waals surface area contributed by atoms with Crippen LogP contribution in [0.25, 0.3) is 0 Å². The number of rotatable bonds is 3. The van der Waals surface area contributed by atoms with Crippen LogP contribution in [0.4, 0.5) is 9.59 Å². The Balaban J connectivity index is 1.38. The molecule has 2 aromatic rings. The summed E-state index contributed by atoms with van der Waals surface area (Å²) in [5, 5.41) is 12.1. The van der Waals surface area contributed by atoms with Gasteiger partial charge in [-0.1, -0.05) is 43.2 Å². The predicted molar refractivity (Wildman–Crippen MR) is 154 cm³/mol. The molecular formula is C31H43N5O5. The SMILES string of the molecule is Cc1nccn(CC2(O)CCN(C(=O)N3CCN(C(=O)OC(C)(C)C)C[C@H]3c3ccccc3)CC23CCCC3)c1=O. The van der Waals surface area contributed by atoms with Crippen LogP contribution in [0.1, 0.15) is 70.2 Å². The minimum Gasteiger partial charge on any atom is -0.444 e. The lowest BCUT2D eigenvalue weighted by Gasteiger charge is -2.53. The maximum absolute atomic E-state index is 14.2. The molecule has 1 aromatic carbocycles. The Labute approximate surface area is 241 Å². The minimum atomic E-state index is -1.11. The topological polar surface area (TPSA) is 108 Å². The third-order valence-electron chi connectivity index (χ3n) is 9.09. The van der Waals surface area contributed by atoms with Crippen LogP contribution in [-0.4, -0.2) is 85.4 Å². The molecule has 1 N–H and O–H groups in total. The standard InChI is InChI=1S/C31H43N5O5/c1-23-26(37)34(17-15-32-23)22-31(40)14-16-35(21-30(31)12-8-9-13-30)27(38)36-19-18-33(28(39)41-29(2,3)4)20-25(36)24-10-6-5-7-11-24/h5-7,10-11,15,17,25,40H,8-9,12-14,16,18-22H2,1-4H3/t25-,31?/m0/s1. The summed E-state index contributed by atoms with van der Waals surface area (Å²) in [5.41, 5.74) is -1.02. The first-order chi connectivity index (χ1) is 19.4. The number of piperazine rings is 1. The first-order valence-corrected chi connectivity index (χ1v) is 14.7. The number of piperidine rings is 1. The normalized spacial score (nSPS) is 24.5. The van der Waals surface area contributed by atoms with Gasteiger partial charge in [0.1, 0.15) is 11.3 Å². The monoisotopic (exact) mass is 565 g/mol. The van der Waals surface area contributed by atoms with Gasteiger partial charge in [0.2, 0.25) is 0 Å². The molecule has 3 heterocycles. The van der Waals surface area contributed by atoms with Gasteiger partial charge in [-0.05, 0) is 52.5 Å². The van der Waals surface area contributed by atoms with Crippen molar-refractivity contribution in [1.82, 2.24) is 24.3 Å². The number of benzene rings is 1. The zero-order chi connectivity index (χ0) is 29.4. The van der Waals surface area contributed by atoms with Gasteiger partial charge in [0, 0.05) is 50.5 Å². The number of ether oxygens (including phenoxy) is 1. The summed E-state index contributed by atoms with van der Waals surface area (Å²) in [5.74, 6) is 0. The third-order valence-corrected chi connectivity index (χ3v) is 9.09. The summed E-state index contributed by atoms with van der Waals surface area (Å²) in [6.45, 7) is 9.37. The van der Waals surface area contributed by atoms with Gasteiger partial charge in [-0.2, -0.15) is 0 Å². The molecule has 2 saturated heterocycles. The molecule has 10 nitrogen and oxygen atoms in total. The van der Waals surface area contributed by atoms with E-state index in [1.54, 1.807) is 28.8 Å². The van der Waals surface area contributed by atoms with Crippen molar-refractivity contribution in [3.05, 3.63) is 64.3 Å². The first-order valence-electron chi connectivity index (χ1n) is 14.7. The summed E-state index contributed by atoms with van der Waals surface area (Å²) in [6, 6.07) is 9.42.